The molecule has 15 heteroatoms. The summed E-state index contributed by atoms with van der Waals surface area (Å²) in [5, 5.41) is 9.20. The third-order valence-corrected chi connectivity index (χ3v) is 10.5. The van der Waals surface area contributed by atoms with E-state index in [9.17, 15) is 18.0 Å². The number of amides is 2. The Morgan fingerprint density at radius 1 is 0.939 bits per heavy atom. The molecule has 3 N–H and O–H groups in total. The van der Waals surface area contributed by atoms with Gasteiger partial charge < -0.3 is 30.5 Å². The van der Waals surface area contributed by atoms with Gasteiger partial charge in [-0.05, 0) is 42.5 Å². The Labute approximate surface area is 291 Å². The van der Waals surface area contributed by atoms with Crippen LogP contribution in [0.5, 0.6) is 5.75 Å². The minimum absolute atomic E-state index is 0.115. The molecule has 5 rings (SSSR count). The summed E-state index contributed by atoms with van der Waals surface area (Å²) < 4.78 is 33.1. The molecule has 4 aromatic rings. The number of para-hydroxylation sites is 1. The van der Waals surface area contributed by atoms with Crippen LogP contribution in [-0.4, -0.2) is 92.8 Å². The number of halogens is 1. The van der Waals surface area contributed by atoms with Gasteiger partial charge >= 0.3 is 0 Å². The molecule has 0 spiro atoms. The van der Waals surface area contributed by atoms with Crippen LogP contribution in [0.3, 0.4) is 0 Å². The number of benzene rings is 3. The van der Waals surface area contributed by atoms with E-state index >= 15 is 0 Å². The number of carbonyl (C=O) groups is 2. The summed E-state index contributed by atoms with van der Waals surface area (Å²) in [6, 6.07) is 19.0. The minimum Gasteiger partial charge on any atom is -0.494 e. The van der Waals surface area contributed by atoms with E-state index in [-0.39, 0.29) is 27.7 Å². The van der Waals surface area contributed by atoms with Crippen molar-refractivity contribution in [3.63, 3.8) is 0 Å². The maximum Gasteiger partial charge on any atom is 0.254 e. The molecule has 0 bridgehead atoms. The van der Waals surface area contributed by atoms with E-state index in [1.54, 1.807) is 69.3 Å². The quantitative estimate of drug-likeness (QED) is 0.184. The second-order valence-corrected chi connectivity index (χ2v) is 13.4. The van der Waals surface area contributed by atoms with E-state index in [4.69, 9.17) is 16.3 Å². The van der Waals surface area contributed by atoms with Gasteiger partial charge in [-0.15, -0.1) is 0 Å². The highest BCUT2D eigenvalue weighted by Gasteiger charge is 2.26. The van der Waals surface area contributed by atoms with E-state index < -0.39 is 10.0 Å². The number of nitrogens with zero attached hydrogens (tertiary/aromatic N) is 5. The molecular formula is C34H39ClN8O5S. The Hall–Kier alpha value is -4.92. The Morgan fingerprint density at radius 3 is 2.37 bits per heavy atom. The fourth-order valence-corrected chi connectivity index (χ4v) is 7.16. The molecule has 1 aliphatic heterocycles. The first kappa shape index (κ1) is 35.4. The maximum absolute atomic E-state index is 13.4. The summed E-state index contributed by atoms with van der Waals surface area (Å²) in [5.41, 5.74) is 2.85. The summed E-state index contributed by atoms with van der Waals surface area (Å²) in [5.74, 6) is 0.674. The molecule has 1 fully saturated rings. The molecule has 2 heterocycles. The zero-order valence-corrected chi connectivity index (χ0v) is 29.3. The number of sulfonamides is 1. The molecule has 1 saturated heterocycles. The highest BCUT2D eigenvalue weighted by molar-refractivity contribution is 7.89. The van der Waals surface area contributed by atoms with Gasteiger partial charge in [0.2, 0.25) is 16.0 Å². The molecule has 3 aromatic carbocycles. The number of rotatable bonds is 12. The van der Waals surface area contributed by atoms with Gasteiger partial charge in [-0.3, -0.25) is 9.59 Å². The average Bonchev–Trinajstić information content (AvgIpc) is 3.13. The number of carbonyl (C=O) groups excluding carboxylic acids is 2. The van der Waals surface area contributed by atoms with E-state index in [0.717, 1.165) is 5.69 Å². The second-order valence-electron chi connectivity index (χ2n) is 11.0. The molecule has 0 radical (unpaired) electrons. The zero-order chi connectivity index (χ0) is 35.1. The molecule has 1 aliphatic rings. The molecule has 1 aromatic heterocycles. The van der Waals surface area contributed by atoms with Crippen molar-refractivity contribution in [2.75, 3.05) is 69.0 Å². The topological polar surface area (TPSA) is 149 Å². The summed E-state index contributed by atoms with van der Waals surface area (Å²) in [7, 11) is -0.547. The fraction of sp³-hybridized carbons (Fsp3) is 0.294. The Bertz CT molecular complexity index is 1930. The monoisotopic (exact) mass is 706 g/mol. The van der Waals surface area contributed by atoms with Crippen LogP contribution in [0.25, 0.3) is 0 Å². The van der Waals surface area contributed by atoms with Crippen molar-refractivity contribution in [2.24, 2.45) is 0 Å². The summed E-state index contributed by atoms with van der Waals surface area (Å²) in [6.45, 7) is 6.36. The van der Waals surface area contributed by atoms with Crippen molar-refractivity contribution in [1.29, 1.82) is 0 Å². The number of aromatic nitrogens is 2. The van der Waals surface area contributed by atoms with Gasteiger partial charge in [0.25, 0.3) is 11.8 Å². The van der Waals surface area contributed by atoms with Crippen LogP contribution in [0.1, 0.15) is 34.6 Å². The van der Waals surface area contributed by atoms with Gasteiger partial charge in [-0.2, -0.15) is 9.29 Å². The number of anilines is 5. The Morgan fingerprint density at radius 2 is 1.67 bits per heavy atom. The normalized spacial score (nSPS) is 13.3. The lowest BCUT2D eigenvalue weighted by molar-refractivity contribution is 0.0746. The van der Waals surface area contributed by atoms with Crippen LogP contribution in [0.15, 0.2) is 77.8 Å². The SMILES string of the molecule is CCN(CC)S(=O)(=O)c1cccc(C(=O)N2CCN(c3ccc(Nc4ncc(Cl)c(Nc5ccccc5C(=O)NC)n4)c(OC)c3)CC2)c1. The van der Waals surface area contributed by atoms with Gasteiger partial charge in [-0.1, -0.05) is 43.6 Å². The third-order valence-electron chi connectivity index (χ3n) is 8.18. The van der Waals surface area contributed by atoms with Crippen LogP contribution in [0.4, 0.5) is 28.8 Å². The van der Waals surface area contributed by atoms with Crippen molar-refractivity contribution in [2.45, 2.75) is 18.7 Å². The molecule has 0 aliphatic carbocycles. The standard InChI is InChI=1S/C34H39ClN8O5S/c1-5-43(6-2)49(46,47)25-11-9-10-23(20-25)33(45)42-18-16-41(17-19-42)24-14-15-29(30(21-24)48-4)39-34-37-22-27(35)31(40-34)38-28-13-8-7-12-26(28)32(44)36-3/h7-15,20-22H,5-6,16-19H2,1-4H3,(H,36,44)(H2,37,38,39,40). The van der Waals surface area contributed by atoms with Crippen molar-refractivity contribution in [1.82, 2.24) is 24.5 Å². The molecular weight excluding hydrogens is 668 g/mol. The van der Waals surface area contributed by atoms with Crippen LogP contribution in [0, 0.1) is 0 Å². The van der Waals surface area contributed by atoms with Crippen LogP contribution in [-0.2, 0) is 10.0 Å². The van der Waals surface area contributed by atoms with E-state index in [1.165, 1.54) is 22.6 Å². The van der Waals surface area contributed by atoms with E-state index in [0.29, 0.717) is 73.3 Å². The molecule has 258 valence electrons. The lowest BCUT2D eigenvalue weighted by Gasteiger charge is -2.36. The van der Waals surface area contributed by atoms with Crippen molar-refractivity contribution in [3.05, 3.63) is 89.1 Å². The van der Waals surface area contributed by atoms with Crippen molar-refractivity contribution >= 4 is 62.3 Å². The maximum atomic E-state index is 13.4. The van der Waals surface area contributed by atoms with Gasteiger partial charge in [0, 0.05) is 63.6 Å². The molecule has 13 nitrogen and oxygen atoms in total. The predicted molar refractivity (Wildman–Crippen MR) is 191 cm³/mol. The largest absolute Gasteiger partial charge is 0.494 e. The second kappa shape index (κ2) is 15.5. The lowest BCUT2D eigenvalue weighted by Crippen LogP contribution is -2.48. The minimum atomic E-state index is -3.68. The van der Waals surface area contributed by atoms with Crippen LogP contribution in [0.2, 0.25) is 5.02 Å². The summed E-state index contributed by atoms with van der Waals surface area (Å²) >= 11 is 6.40. The lowest BCUT2D eigenvalue weighted by atomic mass is 10.1. The van der Waals surface area contributed by atoms with Crippen LogP contribution < -0.4 is 25.6 Å². The number of hydrogen-bond donors (Lipinski definition) is 3. The molecule has 49 heavy (non-hydrogen) atoms. The van der Waals surface area contributed by atoms with Gasteiger partial charge in [-0.25, -0.2) is 13.4 Å². The highest BCUT2D eigenvalue weighted by Crippen LogP contribution is 2.33. The third kappa shape index (κ3) is 7.88. The number of hydrogen-bond acceptors (Lipinski definition) is 10. The first-order valence-corrected chi connectivity index (χ1v) is 17.6. The number of nitrogens with one attached hydrogen (secondary N) is 3. The van der Waals surface area contributed by atoms with Crippen molar-refractivity contribution < 1.29 is 22.7 Å². The van der Waals surface area contributed by atoms with Crippen LogP contribution >= 0.6 is 11.6 Å². The predicted octanol–water partition coefficient (Wildman–Crippen LogP) is 4.98. The molecule has 0 unspecified atom stereocenters. The van der Waals surface area contributed by atoms with Gasteiger partial charge in [0.1, 0.15) is 10.8 Å². The first-order chi connectivity index (χ1) is 23.6. The molecule has 2 amide bonds. The zero-order valence-electron chi connectivity index (χ0n) is 27.7. The van der Waals surface area contributed by atoms with E-state index in [2.05, 4.69) is 30.8 Å². The summed E-state index contributed by atoms with van der Waals surface area (Å²) in [4.78, 5) is 38.6. The first-order valence-electron chi connectivity index (χ1n) is 15.8. The molecule has 0 saturated carbocycles. The van der Waals surface area contributed by atoms with Crippen molar-refractivity contribution in [3.8, 4) is 5.75 Å². The molecule has 0 atom stereocenters. The van der Waals surface area contributed by atoms with Gasteiger partial charge in [0.05, 0.1) is 35.1 Å². The number of piperazine rings is 1. The highest BCUT2D eigenvalue weighted by atomic mass is 35.5. The Kier molecular flexibility index (Phi) is 11.2. The Balaban J connectivity index is 1.26. The fourth-order valence-electron chi connectivity index (χ4n) is 5.52. The van der Waals surface area contributed by atoms with Gasteiger partial charge in [0.15, 0.2) is 5.82 Å². The number of ether oxygens (including phenoxy) is 1. The average molecular weight is 707 g/mol. The number of methoxy groups -OCH3 is 1. The smallest absolute Gasteiger partial charge is 0.254 e. The van der Waals surface area contributed by atoms with E-state index in [1.807, 2.05) is 18.2 Å². The summed E-state index contributed by atoms with van der Waals surface area (Å²) in [6.07, 6.45) is 1.46.